The standard InChI is InChI=1S/C12H16BrNO3/c1-16-6-7-17-9-12(15)14-11-5-3-2-4-10(11)8-13/h2-5H,6-9H2,1H3,(H,14,15). The van der Waals surface area contributed by atoms with Gasteiger partial charge in [0, 0.05) is 18.1 Å². The molecule has 1 amide bonds. The van der Waals surface area contributed by atoms with E-state index in [9.17, 15) is 4.79 Å². The summed E-state index contributed by atoms with van der Waals surface area (Å²) in [5.41, 5.74) is 1.85. The maximum absolute atomic E-state index is 11.6. The van der Waals surface area contributed by atoms with Crippen LogP contribution in [-0.2, 0) is 19.6 Å². The number of methoxy groups -OCH3 is 1. The van der Waals surface area contributed by atoms with Crippen molar-refractivity contribution < 1.29 is 14.3 Å². The van der Waals surface area contributed by atoms with E-state index in [-0.39, 0.29) is 12.5 Å². The van der Waals surface area contributed by atoms with E-state index in [1.165, 1.54) is 0 Å². The number of hydrogen-bond donors (Lipinski definition) is 1. The van der Waals surface area contributed by atoms with Crippen LogP contribution >= 0.6 is 15.9 Å². The summed E-state index contributed by atoms with van der Waals surface area (Å²) in [6, 6.07) is 7.63. The minimum absolute atomic E-state index is 0.0416. The van der Waals surface area contributed by atoms with Crippen molar-refractivity contribution in [2.24, 2.45) is 0 Å². The molecule has 0 atom stereocenters. The predicted octanol–water partition coefficient (Wildman–Crippen LogP) is 2.18. The van der Waals surface area contributed by atoms with Crippen molar-refractivity contribution in [1.82, 2.24) is 0 Å². The number of carbonyl (C=O) groups excluding carboxylic acids is 1. The normalized spacial score (nSPS) is 10.2. The van der Waals surface area contributed by atoms with Gasteiger partial charge in [-0.15, -0.1) is 0 Å². The largest absolute Gasteiger partial charge is 0.382 e. The SMILES string of the molecule is COCCOCC(=O)Nc1ccccc1CBr. The molecule has 0 fully saturated rings. The van der Waals surface area contributed by atoms with Crippen molar-refractivity contribution in [1.29, 1.82) is 0 Å². The van der Waals surface area contributed by atoms with Gasteiger partial charge in [0.2, 0.25) is 5.91 Å². The van der Waals surface area contributed by atoms with Crippen molar-refractivity contribution in [3.8, 4) is 0 Å². The molecule has 17 heavy (non-hydrogen) atoms. The first-order valence-corrected chi connectivity index (χ1v) is 6.40. The zero-order valence-electron chi connectivity index (χ0n) is 9.74. The first-order valence-electron chi connectivity index (χ1n) is 5.28. The Morgan fingerprint density at radius 3 is 2.82 bits per heavy atom. The summed E-state index contributed by atoms with van der Waals surface area (Å²) in [5, 5.41) is 3.51. The fourth-order valence-electron chi connectivity index (χ4n) is 1.25. The fraction of sp³-hybridized carbons (Fsp3) is 0.417. The Balaban J connectivity index is 2.39. The Labute approximate surface area is 109 Å². The number of rotatable bonds is 7. The summed E-state index contributed by atoms with van der Waals surface area (Å²) in [5.74, 6) is -0.158. The molecule has 1 N–H and O–H groups in total. The number of benzene rings is 1. The zero-order chi connectivity index (χ0) is 12.5. The number of halogens is 1. The molecule has 0 unspecified atom stereocenters. The zero-order valence-corrected chi connectivity index (χ0v) is 11.3. The molecule has 0 saturated carbocycles. The van der Waals surface area contributed by atoms with Crippen molar-refractivity contribution in [2.45, 2.75) is 5.33 Å². The number of alkyl halides is 1. The van der Waals surface area contributed by atoms with E-state index in [0.29, 0.717) is 18.5 Å². The topological polar surface area (TPSA) is 47.6 Å². The Morgan fingerprint density at radius 2 is 2.12 bits per heavy atom. The lowest BCUT2D eigenvalue weighted by molar-refractivity contribution is -0.121. The van der Waals surface area contributed by atoms with Crippen LogP contribution in [0, 0.1) is 0 Å². The van der Waals surface area contributed by atoms with Gasteiger partial charge in [0.25, 0.3) is 0 Å². The molecule has 0 heterocycles. The highest BCUT2D eigenvalue weighted by Crippen LogP contribution is 2.17. The van der Waals surface area contributed by atoms with Gasteiger partial charge in [-0.05, 0) is 11.6 Å². The molecule has 0 aromatic heterocycles. The summed E-state index contributed by atoms with van der Waals surface area (Å²) >= 11 is 3.37. The Kier molecular flexibility index (Phi) is 6.84. The number of ether oxygens (including phenoxy) is 2. The molecular weight excluding hydrogens is 286 g/mol. The van der Waals surface area contributed by atoms with Gasteiger partial charge >= 0.3 is 0 Å². The molecule has 0 aliphatic carbocycles. The molecule has 0 radical (unpaired) electrons. The minimum atomic E-state index is -0.158. The Morgan fingerprint density at radius 1 is 1.35 bits per heavy atom. The predicted molar refractivity (Wildman–Crippen MR) is 70.4 cm³/mol. The molecule has 0 spiro atoms. The highest BCUT2D eigenvalue weighted by molar-refractivity contribution is 9.08. The second kappa shape index (κ2) is 8.22. The number of hydrogen-bond acceptors (Lipinski definition) is 3. The van der Waals surface area contributed by atoms with Crippen LogP contribution in [-0.4, -0.2) is 32.8 Å². The highest BCUT2D eigenvalue weighted by atomic mass is 79.9. The number of anilines is 1. The van der Waals surface area contributed by atoms with E-state index in [0.717, 1.165) is 11.3 Å². The van der Waals surface area contributed by atoms with Crippen LogP contribution in [0.3, 0.4) is 0 Å². The van der Waals surface area contributed by atoms with Gasteiger partial charge in [0.15, 0.2) is 0 Å². The third-order valence-corrected chi connectivity index (χ3v) is 2.70. The van der Waals surface area contributed by atoms with Crippen LogP contribution in [0.1, 0.15) is 5.56 Å². The summed E-state index contributed by atoms with van der Waals surface area (Å²) in [6.07, 6.45) is 0. The van der Waals surface area contributed by atoms with Crippen LogP contribution in [0.5, 0.6) is 0 Å². The van der Waals surface area contributed by atoms with Gasteiger partial charge in [-0.25, -0.2) is 0 Å². The molecular formula is C12H16BrNO3. The first-order chi connectivity index (χ1) is 8.27. The molecule has 5 heteroatoms. The van der Waals surface area contributed by atoms with Gasteiger partial charge < -0.3 is 14.8 Å². The van der Waals surface area contributed by atoms with Crippen LogP contribution < -0.4 is 5.32 Å². The number of carbonyl (C=O) groups is 1. The number of para-hydroxylation sites is 1. The molecule has 1 rings (SSSR count). The first kappa shape index (κ1) is 14.2. The molecule has 1 aromatic rings. The van der Waals surface area contributed by atoms with Gasteiger partial charge in [-0.1, -0.05) is 34.1 Å². The quantitative estimate of drug-likeness (QED) is 0.620. The van der Waals surface area contributed by atoms with Gasteiger partial charge in [-0.2, -0.15) is 0 Å². The average molecular weight is 302 g/mol. The lowest BCUT2D eigenvalue weighted by atomic mass is 10.2. The Bertz CT molecular complexity index is 357. The third-order valence-electron chi connectivity index (χ3n) is 2.10. The molecule has 0 aliphatic heterocycles. The fourth-order valence-corrected chi connectivity index (χ4v) is 1.74. The van der Waals surface area contributed by atoms with Crippen molar-refractivity contribution in [3.05, 3.63) is 29.8 Å². The van der Waals surface area contributed by atoms with Gasteiger partial charge in [0.05, 0.1) is 13.2 Å². The lowest BCUT2D eigenvalue weighted by Gasteiger charge is -2.09. The minimum Gasteiger partial charge on any atom is -0.382 e. The summed E-state index contributed by atoms with van der Waals surface area (Å²) in [6.45, 7) is 0.954. The highest BCUT2D eigenvalue weighted by Gasteiger charge is 2.05. The van der Waals surface area contributed by atoms with E-state index >= 15 is 0 Å². The monoisotopic (exact) mass is 301 g/mol. The molecule has 1 aromatic carbocycles. The maximum Gasteiger partial charge on any atom is 0.250 e. The van der Waals surface area contributed by atoms with Crippen LogP contribution in [0.4, 0.5) is 5.69 Å². The molecule has 0 aliphatic rings. The molecule has 0 saturated heterocycles. The van der Waals surface area contributed by atoms with Gasteiger partial charge in [0.1, 0.15) is 6.61 Å². The molecule has 94 valence electrons. The molecule has 0 bridgehead atoms. The second-order valence-electron chi connectivity index (χ2n) is 3.38. The van der Waals surface area contributed by atoms with E-state index in [2.05, 4.69) is 21.2 Å². The third kappa shape index (κ3) is 5.30. The van der Waals surface area contributed by atoms with Crippen molar-refractivity contribution in [3.63, 3.8) is 0 Å². The summed E-state index contributed by atoms with van der Waals surface area (Å²) in [7, 11) is 1.59. The van der Waals surface area contributed by atoms with E-state index < -0.39 is 0 Å². The van der Waals surface area contributed by atoms with Gasteiger partial charge in [-0.3, -0.25) is 4.79 Å². The average Bonchev–Trinajstić information content (AvgIpc) is 2.35. The smallest absolute Gasteiger partial charge is 0.250 e. The second-order valence-corrected chi connectivity index (χ2v) is 3.95. The Hall–Kier alpha value is -0.910. The van der Waals surface area contributed by atoms with Crippen LogP contribution in [0.25, 0.3) is 0 Å². The van der Waals surface area contributed by atoms with E-state index in [1.54, 1.807) is 7.11 Å². The maximum atomic E-state index is 11.6. The van der Waals surface area contributed by atoms with Crippen molar-refractivity contribution >= 4 is 27.5 Å². The van der Waals surface area contributed by atoms with E-state index in [1.807, 2.05) is 24.3 Å². The molecule has 4 nitrogen and oxygen atoms in total. The van der Waals surface area contributed by atoms with Crippen molar-refractivity contribution in [2.75, 3.05) is 32.2 Å². The van der Waals surface area contributed by atoms with Crippen LogP contribution in [0.2, 0.25) is 0 Å². The number of nitrogens with one attached hydrogen (secondary N) is 1. The summed E-state index contributed by atoms with van der Waals surface area (Å²) < 4.78 is 9.95. The summed E-state index contributed by atoms with van der Waals surface area (Å²) in [4.78, 5) is 11.6. The van der Waals surface area contributed by atoms with Crippen LogP contribution in [0.15, 0.2) is 24.3 Å². The lowest BCUT2D eigenvalue weighted by Crippen LogP contribution is -2.20. The van der Waals surface area contributed by atoms with E-state index in [4.69, 9.17) is 9.47 Å². The number of amides is 1.